The largest absolute Gasteiger partial charge is 0.448 e. The van der Waals surface area contributed by atoms with Crippen LogP contribution in [0.1, 0.15) is 17.4 Å². The van der Waals surface area contributed by atoms with Crippen molar-refractivity contribution in [2.75, 3.05) is 5.32 Å². The normalized spacial score (nSPS) is 11.7. The predicted molar refractivity (Wildman–Crippen MR) is 87.0 cm³/mol. The predicted octanol–water partition coefficient (Wildman–Crippen LogP) is 2.91. The van der Waals surface area contributed by atoms with E-state index >= 15 is 0 Å². The van der Waals surface area contributed by atoms with Crippen molar-refractivity contribution in [3.63, 3.8) is 0 Å². The summed E-state index contributed by atoms with van der Waals surface area (Å²) in [5, 5.41) is 13.0. The van der Waals surface area contributed by atoms with E-state index in [-0.39, 0.29) is 22.1 Å². The summed E-state index contributed by atoms with van der Waals surface area (Å²) in [6.45, 7) is 1.33. The highest BCUT2D eigenvalue weighted by Gasteiger charge is 2.23. The van der Waals surface area contributed by atoms with Gasteiger partial charge in [0.2, 0.25) is 0 Å². The number of hydrogen-bond acceptors (Lipinski definition) is 5. The number of ether oxygens (including phenoxy) is 1. The van der Waals surface area contributed by atoms with Crippen molar-refractivity contribution in [2.24, 2.45) is 7.05 Å². The molecule has 0 spiro atoms. The Balaban J connectivity index is 2.04. The maximum absolute atomic E-state index is 13.1. The van der Waals surface area contributed by atoms with Crippen molar-refractivity contribution in [3.8, 4) is 0 Å². The maximum Gasteiger partial charge on any atom is 0.355 e. The van der Waals surface area contributed by atoms with Crippen molar-refractivity contribution in [2.45, 2.75) is 13.0 Å². The molecular formula is C15H13ClFN3O5. The minimum atomic E-state index is -1.19. The number of nitrogens with zero attached hydrogens (tertiary/aromatic N) is 2. The molecule has 0 aliphatic carbocycles. The van der Waals surface area contributed by atoms with Crippen LogP contribution in [-0.4, -0.2) is 27.5 Å². The van der Waals surface area contributed by atoms with Gasteiger partial charge in [0.15, 0.2) is 6.10 Å². The number of hydrogen-bond donors (Lipinski definition) is 1. The molecule has 8 nitrogen and oxygen atoms in total. The number of amides is 1. The summed E-state index contributed by atoms with van der Waals surface area (Å²) < 4.78 is 19.3. The van der Waals surface area contributed by atoms with Crippen LogP contribution in [0.15, 0.2) is 30.5 Å². The Morgan fingerprint density at radius 2 is 2.08 bits per heavy atom. The third-order valence-corrected chi connectivity index (χ3v) is 3.54. The van der Waals surface area contributed by atoms with Crippen LogP contribution in [0.4, 0.5) is 15.8 Å². The Kier molecular flexibility index (Phi) is 5.38. The van der Waals surface area contributed by atoms with E-state index in [0.29, 0.717) is 0 Å². The average molecular weight is 370 g/mol. The first kappa shape index (κ1) is 18.4. The fourth-order valence-corrected chi connectivity index (χ4v) is 2.12. The lowest BCUT2D eigenvalue weighted by atomic mass is 10.3. The molecule has 0 bridgehead atoms. The molecule has 0 saturated heterocycles. The first-order valence-corrected chi connectivity index (χ1v) is 7.34. The van der Waals surface area contributed by atoms with Crippen LogP contribution in [0.25, 0.3) is 0 Å². The zero-order valence-electron chi connectivity index (χ0n) is 13.2. The highest BCUT2D eigenvalue weighted by atomic mass is 35.5. The summed E-state index contributed by atoms with van der Waals surface area (Å²) in [6.07, 6.45) is -0.0349. The Morgan fingerprint density at radius 3 is 2.64 bits per heavy atom. The molecule has 0 aliphatic heterocycles. The SMILES string of the molecule is CC(OC(=O)c1cc([N+](=O)[O-])cn1C)C(=O)Nc1ccc(F)c(Cl)c1. The smallest absolute Gasteiger partial charge is 0.355 e. The number of carbonyl (C=O) groups is 2. The first-order chi connectivity index (χ1) is 11.7. The number of rotatable bonds is 5. The molecule has 25 heavy (non-hydrogen) atoms. The van der Waals surface area contributed by atoms with Gasteiger partial charge in [0.05, 0.1) is 16.1 Å². The van der Waals surface area contributed by atoms with E-state index < -0.39 is 28.7 Å². The molecule has 1 unspecified atom stereocenters. The van der Waals surface area contributed by atoms with Crippen LogP contribution in [0.5, 0.6) is 0 Å². The molecule has 2 aromatic rings. The van der Waals surface area contributed by atoms with Crippen LogP contribution < -0.4 is 5.32 Å². The average Bonchev–Trinajstić information content (AvgIpc) is 2.93. The molecule has 0 saturated carbocycles. The van der Waals surface area contributed by atoms with E-state index in [2.05, 4.69) is 5.32 Å². The minimum Gasteiger partial charge on any atom is -0.448 e. The summed E-state index contributed by atoms with van der Waals surface area (Å²) >= 11 is 5.62. The van der Waals surface area contributed by atoms with E-state index in [0.717, 1.165) is 18.3 Å². The summed E-state index contributed by atoms with van der Waals surface area (Å²) in [5.41, 5.74) is -0.113. The summed E-state index contributed by atoms with van der Waals surface area (Å²) in [5.74, 6) is -2.19. The second-order valence-electron chi connectivity index (χ2n) is 5.12. The molecule has 132 valence electrons. The van der Waals surface area contributed by atoms with Crippen LogP contribution in [0, 0.1) is 15.9 Å². The molecular weight excluding hydrogens is 357 g/mol. The van der Waals surface area contributed by atoms with Crippen LogP contribution in [-0.2, 0) is 16.6 Å². The number of esters is 1. The van der Waals surface area contributed by atoms with Gasteiger partial charge >= 0.3 is 5.97 Å². The Hall–Kier alpha value is -2.94. The van der Waals surface area contributed by atoms with Crippen molar-refractivity contribution in [1.82, 2.24) is 4.57 Å². The Morgan fingerprint density at radius 1 is 1.40 bits per heavy atom. The quantitative estimate of drug-likeness (QED) is 0.496. The van der Waals surface area contributed by atoms with E-state index in [1.165, 1.54) is 30.7 Å². The second kappa shape index (κ2) is 7.31. The Labute approximate surface area is 146 Å². The first-order valence-electron chi connectivity index (χ1n) is 6.96. The van der Waals surface area contributed by atoms with Gasteiger partial charge in [-0.05, 0) is 25.1 Å². The molecule has 0 aliphatic rings. The van der Waals surface area contributed by atoms with Crippen molar-refractivity contribution < 1.29 is 23.6 Å². The van der Waals surface area contributed by atoms with Crippen LogP contribution >= 0.6 is 11.6 Å². The molecule has 1 atom stereocenters. The zero-order chi connectivity index (χ0) is 18.7. The van der Waals surface area contributed by atoms with E-state index in [4.69, 9.17) is 16.3 Å². The topological polar surface area (TPSA) is 103 Å². The van der Waals surface area contributed by atoms with Gasteiger partial charge in [0.1, 0.15) is 11.5 Å². The highest BCUT2D eigenvalue weighted by Crippen LogP contribution is 2.20. The van der Waals surface area contributed by atoms with Gasteiger partial charge in [0.25, 0.3) is 11.6 Å². The molecule has 10 heteroatoms. The fraction of sp³-hybridized carbons (Fsp3) is 0.200. The van der Waals surface area contributed by atoms with Crippen molar-refractivity contribution in [1.29, 1.82) is 0 Å². The van der Waals surface area contributed by atoms with Gasteiger partial charge in [0, 0.05) is 18.8 Å². The lowest BCUT2D eigenvalue weighted by Gasteiger charge is -2.14. The van der Waals surface area contributed by atoms with Gasteiger partial charge in [-0.3, -0.25) is 14.9 Å². The number of nitrogens with one attached hydrogen (secondary N) is 1. The number of anilines is 1. The number of aromatic nitrogens is 1. The van der Waals surface area contributed by atoms with Gasteiger partial charge in [-0.15, -0.1) is 0 Å². The molecule has 1 aromatic carbocycles. The van der Waals surface area contributed by atoms with E-state index in [1.54, 1.807) is 0 Å². The number of benzene rings is 1. The monoisotopic (exact) mass is 369 g/mol. The molecule has 1 N–H and O–H groups in total. The van der Waals surface area contributed by atoms with Gasteiger partial charge in [-0.25, -0.2) is 9.18 Å². The van der Waals surface area contributed by atoms with Crippen molar-refractivity contribution >= 4 is 34.9 Å². The Bertz CT molecular complexity index is 852. The number of aryl methyl sites for hydroxylation is 1. The summed E-state index contributed by atoms with van der Waals surface area (Å²) in [7, 11) is 1.44. The molecule has 1 heterocycles. The lowest BCUT2D eigenvalue weighted by molar-refractivity contribution is -0.384. The molecule has 2 rings (SSSR count). The van der Waals surface area contributed by atoms with Gasteiger partial charge in [-0.2, -0.15) is 0 Å². The molecule has 0 fully saturated rings. The summed E-state index contributed by atoms with van der Waals surface area (Å²) in [6, 6.07) is 4.64. The van der Waals surface area contributed by atoms with Crippen LogP contribution in [0.2, 0.25) is 5.02 Å². The standard InChI is InChI=1S/C15H13ClFN3O5/c1-8(14(21)18-9-3-4-12(17)11(16)5-9)25-15(22)13-6-10(20(23)24)7-19(13)2/h3-8H,1-2H3,(H,18,21). The van der Waals surface area contributed by atoms with Crippen molar-refractivity contribution in [3.05, 3.63) is 57.1 Å². The summed E-state index contributed by atoms with van der Waals surface area (Å²) in [4.78, 5) is 34.1. The van der Waals surface area contributed by atoms with Gasteiger partial charge < -0.3 is 14.6 Å². The molecule has 0 radical (unpaired) electrons. The maximum atomic E-state index is 13.1. The van der Waals surface area contributed by atoms with E-state index in [9.17, 15) is 24.1 Å². The molecule has 1 aromatic heterocycles. The van der Waals surface area contributed by atoms with E-state index in [1.807, 2.05) is 0 Å². The van der Waals surface area contributed by atoms with Crippen LogP contribution in [0.3, 0.4) is 0 Å². The lowest BCUT2D eigenvalue weighted by Crippen LogP contribution is -2.30. The molecule has 1 amide bonds. The number of carbonyl (C=O) groups excluding carboxylic acids is 2. The second-order valence-corrected chi connectivity index (χ2v) is 5.52. The fourth-order valence-electron chi connectivity index (χ4n) is 1.94. The number of halogens is 2. The third kappa shape index (κ3) is 4.32. The van der Waals surface area contributed by atoms with Gasteiger partial charge in [-0.1, -0.05) is 11.6 Å². The zero-order valence-corrected chi connectivity index (χ0v) is 13.9. The highest BCUT2D eigenvalue weighted by molar-refractivity contribution is 6.31. The number of nitro groups is 1. The minimum absolute atomic E-state index is 0.0730. The third-order valence-electron chi connectivity index (χ3n) is 3.25.